The highest BCUT2D eigenvalue weighted by atomic mass is 79.9. The van der Waals surface area contributed by atoms with Crippen molar-refractivity contribution in [1.82, 2.24) is 14.9 Å². The van der Waals surface area contributed by atoms with E-state index < -0.39 is 0 Å². The number of nitrogens with zero attached hydrogens (tertiary/aromatic N) is 3. The molecule has 1 aliphatic rings. The van der Waals surface area contributed by atoms with Crippen LogP contribution < -0.4 is 0 Å². The zero-order chi connectivity index (χ0) is 9.10. The van der Waals surface area contributed by atoms with E-state index in [-0.39, 0.29) is 0 Å². The van der Waals surface area contributed by atoms with Gasteiger partial charge in [-0.25, -0.2) is 9.97 Å². The third kappa shape index (κ3) is 2.48. The van der Waals surface area contributed by atoms with Gasteiger partial charge in [0.15, 0.2) is 0 Å². The van der Waals surface area contributed by atoms with Crippen LogP contribution in [0.2, 0.25) is 0 Å². The number of likely N-dealkylation sites (tertiary alicyclic amines) is 1. The van der Waals surface area contributed by atoms with Gasteiger partial charge in [0.1, 0.15) is 5.82 Å². The monoisotopic (exact) mass is 241 g/mol. The molecule has 0 saturated carbocycles. The van der Waals surface area contributed by atoms with Crippen molar-refractivity contribution < 1.29 is 0 Å². The Bertz CT molecular complexity index is 269. The van der Waals surface area contributed by atoms with Gasteiger partial charge in [-0.1, -0.05) is 0 Å². The Balaban J connectivity index is 1.83. The van der Waals surface area contributed by atoms with Gasteiger partial charge in [0, 0.05) is 25.4 Å². The van der Waals surface area contributed by atoms with Crippen LogP contribution in [0.15, 0.2) is 16.9 Å². The summed E-state index contributed by atoms with van der Waals surface area (Å²) in [6.07, 6.45) is 5.92. The summed E-state index contributed by atoms with van der Waals surface area (Å²) >= 11 is 3.31. The molecule has 0 unspecified atom stereocenters. The fraction of sp³-hybridized carbons (Fsp3) is 0.556. The summed E-state index contributed by atoms with van der Waals surface area (Å²) in [5, 5.41) is 0. The molecule has 1 aliphatic heterocycles. The molecular weight excluding hydrogens is 230 g/mol. The standard InChI is InChI=1S/C9H12BrN3/c10-8-6-11-9(12-7-8)2-5-13-3-1-4-13/h6-7H,1-5H2. The maximum atomic E-state index is 4.22. The van der Waals surface area contributed by atoms with Crippen LogP contribution in [-0.4, -0.2) is 34.5 Å². The Morgan fingerprint density at radius 2 is 2.00 bits per heavy atom. The maximum Gasteiger partial charge on any atom is 0.129 e. The van der Waals surface area contributed by atoms with E-state index in [9.17, 15) is 0 Å². The molecule has 0 bridgehead atoms. The quantitative estimate of drug-likeness (QED) is 0.804. The van der Waals surface area contributed by atoms with Crippen molar-refractivity contribution in [1.29, 1.82) is 0 Å². The smallest absolute Gasteiger partial charge is 0.129 e. The fourth-order valence-corrected chi connectivity index (χ4v) is 1.54. The van der Waals surface area contributed by atoms with E-state index in [4.69, 9.17) is 0 Å². The summed E-state index contributed by atoms with van der Waals surface area (Å²) in [5.74, 6) is 0.940. The van der Waals surface area contributed by atoms with E-state index in [1.807, 2.05) is 0 Å². The molecule has 0 N–H and O–H groups in total. The highest BCUT2D eigenvalue weighted by Crippen LogP contribution is 2.08. The van der Waals surface area contributed by atoms with Crippen molar-refractivity contribution in [3.63, 3.8) is 0 Å². The lowest BCUT2D eigenvalue weighted by molar-refractivity contribution is 0.183. The third-order valence-corrected chi connectivity index (χ3v) is 2.68. The SMILES string of the molecule is Brc1cnc(CCN2CCC2)nc1. The molecule has 0 aliphatic carbocycles. The Hall–Kier alpha value is -0.480. The Morgan fingerprint density at radius 3 is 2.54 bits per heavy atom. The number of halogens is 1. The van der Waals surface area contributed by atoms with Crippen molar-refractivity contribution in [2.45, 2.75) is 12.8 Å². The maximum absolute atomic E-state index is 4.22. The Kier molecular flexibility index (Phi) is 2.90. The van der Waals surface area contributed by atoms with Gasteiger partial charge < -0.3 is 4.90 Å². The normalized spacial score (nSPS) is 17.0. The minimum Gasteiger partial charge on any atom is -0.303 e. The van der Waals surface area contributed by atoms with E-state index >= 15 is 0 Å². The molecule has 1 fully saturated rings. The number of rotatable bonds is 3. The molecule has 13 heavy (non-hydrogen) atoms. The summed E-state index contributed by atoms with van der Waals surface area (Å²) in [7, 11) is 0. The molecule has 0 amide bonds. The minimum atomic E-state index is 0.940. The van der Waals surface area contributed by atoms with Crippen molar-refractivity contribution in [3.8, 4) is 0 Å². The third-order valence-electron chi connectivity index (χ3n) is 2.27. The van der Waals surface area contributed by atoms with Crippen LogP contribution in [0.3, 0.4) is 0 Å². The Labute approximate surface area is 86.3 Å². The average molecular weight is 242 g/mol. The van der Waals surface area contributed by atoms with Crippen molar-refractivity contribution in [3.05, 3.63) is 22.7 Å². The number of hydrogen-bond acceptors (Lipinski definition) is 3. The molecule has 2 heterocycles. The zero-order valence-corrected chi connectivity index (χ0v) is 9.00. The molecule has 4 heteroatoms. The van der Waals surface area contributed by atoms with Crippen molar-refractivity contribution in [2.75, 3.05) is 19.6 Å². The summed E-state index contributed by atoms with van der Waals surface area (Å²) in [6.45, 7) is 3.59. The molecule has 70 valence electrons. The highest BCUT2D eigenvalue weighted by molar-refractivity contribution is 9.10. The lowest BCUT2D eigenvalue weighted by Crippen LogP contribution is -2.38. The molecule has 0 aromatic carbocycles. The molecule has 0 radical (unpaired) electrons. The van der Waals surface area contributed by atoms with Gasteiger partial charge in [-0.05, 0) is 35.4 Å². The first-order chi connectivity index (χ1) is 6.34. The predicted molar refractivity (Wildman–Crippen MR) is 54.5 cm³/mol. The predicted octanol–water partition coefficient (Wildman–Crippen LogP) is 1.49. The van der Waals surface area contributed by atoms with Crippen molar-refractivity contribution in [2.24, 2.45) is 0 Å². The second-order valence-electron chi connectivity index (χ2n) is 3.26. The zero-order valence-electron chi connectivity index (χ0n) is 7.41. The van der Waals surface area contributed by atoms with Gasteiger partial charge in [0.2, 0.25) is 0 Å². The highest BCUT2D eigenvalue weighted by Gasteiger charge is 2.13. The van der Waals surface area contributed by atoms with Crippen LogP contribution >= 0.6 is 15.9 Å². The molecule has 0 atom stereocenters. The van der Waals surface area contributed by atoms with Gasteiger partial charge >= 0.3 is 0 Å². The Morgan fingerprint density at radius 1 is 1.31 bits per heavy atom. The first kappa shape index (κ1) is 9.09. The van der Waals surface area contributed by atoms with E-state index in [2.05, 4.69) is 30.8 Å². The van der Waals surface area contributed by atoms with Crippen LogP contribution in [-0.2, 0) is 6.42 Å². The van der Waals surface area contributed by atoms with Gasteiger partial charge in [-0.15, -0.1) is 0 Å². The van der Waals surface area contributed by atoms with Crippen LogP contribution in [0, 0.1) is 0 Å². The molecule has 0 spiro atoms. The molecular formula is C9H12BrN3. The summed E-state index contributed by atoms with van der Waals surface area (Å²) in [6, 6.07) is 0. The van der Waals surface area contributed by atoms with Crippen LogP contribution in [0.5, 0.6) is 0 Å². The van der Waals surface area contributed by atoms with Gasteiger partial charge in [0.05, 0.1) is 4.47 Å². The molecule has 2 rings (SSSR count). The second kappa shape index (κ2) is 4.15. The number of aromatic nitrogens is 2. The topological polar surface area (TPSA) is 29.0 Å². The largest absolute Gasteiger partial charge is 0.303 e. The lowest BCUT2D eigenvalue weighted by atomic mass is 10.2. The van der Waals surface area contributed by atoms with Crippen LogP contribution in [0.4, 0.5) is 0 Å². The van der Waals surface area contributed by atoms with Gasteiger partial charge in [-0.3, -0.25) is 0 Å². The number of hydrogen-bond donors (Lipinski definition) is 0. The van der Waals surface area contributed by atoms with Crippen LogP contribution in [0.25, 0.3) is 0 Å². The van der Waals surface area contributed by atoms with Crippen LogP contribution in [0.1, 0.15) is 12.2 Å². The summed E-state index contributed by atoms with van der Waals surface area (Å²) in [4.78, 5) is 10.9. The summed E-state index contributed by atoms with van der Waals surface area (Å²) in [5.41, 5.74) is 0. The van der Waals surface area contributed by atoms with Gasteiger partial charge in [-0.2, -0.15) is 0 Å². The van der Waals surface area contributed by atoms with Crippen molar-refractivity contribution >= 4 is 15.9 Å². The molecule has 3 nitrogen and oxygen atoms in total. The first-order valence-corrected chi connectivity index (χ1v) is 5.33. The van der Waals surface area contributed by atoms with E-state index in [0.717, 1.165) is 23.3 Å². The molecule has 1 aromatic heterocycles. The summed E-state index contributed by atoms with van der Waals surface area (Å²) < 4.78 is 0.945. The van der Waals surface area contributed by atoms with E-state index in [1.54, 1.807) is 12.4 Å². The second-order valence-corrected chi connectivity index (χ2v) is 4.18. The first-order valence-electron chi connectivity index (χ1n) is 4.53. The van der Waals surface area contributed by atoms with E-state index in [1.165, 1.54) is 19.5 Å². The van der Waals surface area contributed by atoms with Gasteiger partial charge in [0.25, 0.3) is 0 Å². The fourth-order valence-electron chi connectivity index (χ4n) is 1.33. The minimum absolute atomic E-state index is 0.940. The van der Waals surface area contributed by atoms with E-state index in [0.29, 0.717) is 0 Å². The lowest BCUT2D eigenvalue weighted by Gasteiger charge is -2.30. The molecule has 1 aromatic rings. The average Bonchev–Trinajstić information content (AvgIpc) is 2.05. The molecule has 1 saturated heterocycles.